The van der Waals surface area contributed by atoms with Crippen LogP contribution in [0, 0.1) is 17.3 Å². The summed E-state index contributed by atoms with van der Waals surface area (Å²) in [6.07, 6.45) is 10.2. The van der Waals surface area contributed by atoms with Gasteiger partial charge in [0.05, 0.1) is 0 Å². The SMILES string of the molecule is NC1CC(C2CC2)CC2(CC2)C1. The van der Waals surface area contributed by atoms with E-state index in [1.165, 1.54) is 44.9 Å². The second kappa shape index (κ2) is 2.25. The van der Waals surface area contributed by atoms with Crippen molar-refractivity contribution in [3.63, 3.8) is 0 Å². The lowest BCUT2D eigenvalue weighted by atomic mass is 9.74. The van der Waals surface area contributed by atoms with Gasteiger partial charge in [-0.1, -0.05) is 0 Å². The molecule has 0 saturated heterocycles. The second-order valence-corrected chi connectivity index (χ2v) is 5.50. The molecule has 68 valence electrons. The zero-order chi connectivity index (χ0) is 8.18. The summed E-state index contributed by atoms with van der Waals surface area (Å²) in [7, 11) is 0. The molecule has 0 heterocycles. The maximum atomic E-state index is 6.11. The Morgan fingerprint density at radius 2 is 1.75 bits per heavy atom. The van der Waals surface area contributed by atoms with Gasteiger partial charge >= 0.3 is 0 Å². The summed E-state index contributed by atoms with van der Waals surface area (Å²) in [4.78, 5) is 0. The van der Waals surface area contributed by atoms with Gasteiger partial charge in [-0.3, -0.25) is 0 Å². The lowest BCUT2D eigenvalue weighted by Gasteiger charge is -2.33. The van der Waals surface area contributed by atoms with E-state index in [0.29, 0.717) is 6.04 Å². The summed E-state index contributed by atoms with van der Waals surface area (Å²) in [6.45, 7) is 0. The molecule has 0 aromatic heterocycles. The molecule has 0 aliphatic heterocycles. The van der Waals surface area contributed by atoms with Crippen molar-refractivity contribution < 1.29 is 0 Å². The molecule has 2 N–H and O–H groups in total. The van der Waals surface area contributed by atoms with Gasteiger partial charge in [-0.2, -0.15) is 0 Å². The molecule has 3 saturated carbocycles. The molecule has 3 rings (SSSR count). The van der Waals surface area contributed by atoms with E-state index in [1.54, 1.807) is 0 Å². The number of nitrogens with two attached hydrogens (primary N) is 1. The molecule has 2 atom stereocenters. The highest BCUT2D eigenvalue weighted by Crippen LogP contribution is 2.60. The van der Waals surface area contributed by atoms with E-state index in [4.69, 9.17) is 5.73 Å². The van der Waals surface area contributed by atoms with Crippen molar-refractivity contribution in [1.82, 2.24) is 0 Å². The first kappa shape index (κ1) is 7.37. The lowest BCUT2D eigenvalue weighted by Crippen LogP contribution is -2.34. The molecular formula is C11H19N. The van der Waals surface area contributed by atoms with Crippen LogP contribution in [0.3, 0.4) is 0 Å². The average molecular weight is 165 g/mol. The topological polar surface area (TPSA) is 26.0 Å². The Morgan fingerprint density at radius 3 is 2.33 bits per heavy atom. The average Bonchev–Trinajstić information content (AvgIpc) is 2.81. The van der Waals surface area contributed by atoms with Gasteiger partial charge in [0, 0.05) is 6.04 Å². The van der Waals surface area contributed by atoms with Gasteiger partial charge in [-0.05, 0) is 62.2 Å². The molecule has 0 amide bonds. The van der Waals surface area contributed by atoms with Crippen LogP contribution in [0.15, 0.2) is 0 Å². The Bertz CT molecular complexity index is 191. The first-order chi connectivity index (χ1) is 5.77. The van der Waals surface area contributed by atoms with Gasteiger partial charge in [0.25, 0.3) is 0 Å². The van der Waals surface area contributed by atoms with Crippen molar-refractivity contribution in [3.8, 4) is 0 Å². The molecule has 3 aliphatic carbocycles. The Kier molecular flexibility index (Phi) is 1.39. The first-order valence-electron chi connectivity index (χ1n) is 5.53. The minimum atomic E-state index is 0.548. The van der Waals surface area contributed by atoms with Gasteiger partial charge in [-0.15, -0.1) is 0 Å². The Labute approximate surface area is 74.7 Å². The maximum Gasteiger partial charge on any atom is 0.00468 e. The van der Waals surface area contributed by atoms with Crippen LogP contribution in [-0.2, 0) is 0 Å². The summed E-state index contributed by atoms with van der Waals surface area (Å²) in [5.41, 5.74) is 6.88. The van der Waals surface area contributed by atoms with E-state index >= 15 is 0 Å². The minimum Gasteiger partial charge on any atom is -0.328 e. The van der Waals surface area contributed by atoms with Gasteiger partial charge in [0.1, 0.15) is 0 Å². The fourth-order valence-electron chi connectivity index (χ4n) is 3.26. The van der Waals surface area contributed by atoms with Crippen LogP contribution in [0.1, 0.15) is 44.9 Å². The molecule has 0 aromatic carbocycles. The molecule has 1 spiro atoms. The summed E-state index contributed by atoms with van der Waals surface area (Å²) in [6, 6.07) is 0.548. The number of hydrogen-bond donors (Lipinski definition) is 1. The molecule has 0 aromatic rings. The predicted molar refractivity (Wildman–Crippen MR) is 49.7 cm³/mol. The number of hydrogen-bond acceptors (Lipinski definition) is 1. The third-order valence-corrected chi connectivity index (χ3v) is 4.24. The van der Waals surface area contributed by atoms with Crippen molar-refractivity contribution in [1.29, 1.82) is 0 Å². The zero-order valence-corrected chi connectivity index (χ0v) is 7.76. The highest BCUT2D eigenvalue weighted by atomic mass is 14.7. The summed E-state index contributed by atoms with van der Waals surface area (Å²) >= 11 is 0. The third-order valence-electron chi connectivity index (χ3n) is 4.24. The van der Waals surface area contributed by atoms with Crippen molar-refractivity contribution in [2.75, 3.05) is 0 Å². The highest BCUT2D eigenvalue weighted by Gasteiger charge is 2.50. The molecule has 12 heavy (non-hydrogen) atoms. The first-order valence-corrected chi connectivity index (χ1v) is 5.53. The molecule has 0 bridgehead atoms. The van der Waals surface area contributed by atoms with Crippen LogP contribution >= 0.6 is 0 Å². The fraction of sp³-hybridized carbons (Fsp3) is 1.00. The standard InChI is InChI=1S/C11H19N/c12-10-5-9(8-1-2-8)6-11(7-10)3-4-11/h8-10H,1-7,12H2. The molecule has 2 unspecified atom stereocenters. The predicted octanol–water partition coefficient (Wildman–Crippen LogP) is 2.30. The van der Waals surface area contributed by atoms with Crippen LogP contribution in [0.2, 0.25) is 0 Å². The van der Waals surface area contributed by atoms with E-state index < -0.39 is 0 Å². The van der Waals surface area contributed by atoms with Gasteiger partial charge in [0.2, 0.25) is 0 Å². The van der Waals surface area contributed by atoms with Gasteiger partial charge in [-0.25, -0.2) is 0 Å². The molecule has 1 nitrogen and oxygen atoms in total. The van der Waals surface area contributed by atoms with Crippen LogP contribution < -0.4 is 5.73 Å². The molecular weight excluding hydrogens is 146 g/mol. The summed E-state index contributed by atoms with van der Waals surface area (Å²) < 4.78 is 0. The maximum absolute atomic E-state index is 6.11. The van der Waals surface area contributed by atoms with Crippen molar-refractivity contribution in [2.45, 2.75) is 51.0 Å². The van der Waals surface area contributed by atoms with Crippen LogP contribution in [0.5, 0.6) is 0 Å². The summed E-state index contributed by atoms with van der Waals surface area (Å²) in [5, 5.41) is 0. The number of rotatable bonds is 1. The van der Waals surface area contributed by atoms with Crippen LogP contribution in [-0.4, -0.2) is 6.04 Å². The van der Waals surface area contributed by atoms with Crippen molar-refractivity contribution in [3.05, 3.63) is 0 Å². The Hall–Kier alpha value is -0.0400. The lowest BCUT2D eigenvalue weighted by molar-refractivity contribution is 0.201. The van der Waals surface area contributed by atoms with E-state index in [2.05, 4.69) is 0 Å². The highest BCUT2D eigenvalue weighted by molar-refractivity contribution is 5.03. The normalized spacial score (nSPS) is 44.8. The third kappa shape index (κ3) is 1.19. The smallest absolute Gasteiger partial charge is 0.00468 e. The van der Waals surface area contributed by atoms with E-state index in [-0.39, 0.29) is 0 Å². The van der Waals surface area contributed by atoms with E-state index in [9.17, 15) is 0 Å². The van der Waals surface area contributed by atoms with Crippen LogP contribution in [0.4, 0.5) is 0 Å². The fourth-order valence-corrected chi connectivity index (χ4v) is 3.26. The molecule has 0 radical (unpaired) electrons. The molecule has 1 heteroatoms. The monoisotopic (exact) mass is 165 g/mol. The van der Waals surface area contributed by atoms with Crippen molar-refractivity contribution in [2.24, 2.45) is 23.0 Å². The Morgan fingerprint density at radius 1 is 1.00 bits per heavy atom. The molecule has 3 aliphatic rings. The second-order valence-electron chi connectivity index (χ2n) is 5.50. The quantitative estimate of drug-likeness (QED) is 0.634. The van der Waals surface area contributed by atoms with Crippen LogP contribution in [0.25, 0.3) is 0 Å². The van der Waals surface area contributed by atoms with Gasteiger partial charge in [0.15, 0.2) is 0 Å². The van der Waals surface area contributed by atoms with E-state index in [0.717, 1.165) is 17.3 Å². The zero-order valence-electron chi connectivity index (χ0n) is 7.76. The Balaban J connectivity index is 1.70. The van der Waals surface area contributed by atoms with Gasteiger partial charge < -0.3 is 5.73 Å². The molecule has 3 fully saturated rings. The van der Waals surface area contributed by atoms with Crippen molar-refractivity contribution >= 4 is 0 Å². The van der Waals surface area contributed by atoms with E-state index in [1.807, 2.05) is 0 Å². The largest absolute Gasteiger partial charge is 0.328 e. The minimum absolute atomic E-state index is 0.548. The summed E-state index contributed by atoms with van der Waals surface area (Å²) in [5.74, 6) is 2.12.